The van der Waals surface area contributed by atoms with Crippen molar-refractivity contribution in [3.8, 4) is 5.75 Å². The van der Waals surface area contributed by atoms with Crippen molar-refractivity contribution in [2.75, 3.05) is 13.2 Å². The number of aromatic amines is 1. The van der Waals surface area contributed by atoms with Crippen LogP contribution in [0.1, 0.15) is 19.3 Å². The molecule has 0 amide bonds. The monoisotopic (exact) mass is 471 g/mol. The number of ether oxygens (including phenoxy) is 2. The molecule has 2 rings (SSSR count). The van der Waals surface area contributed by atoms with E-state index in [1.165, 1.54) is 18.2 Å². The van der Waals surface area contributed by atoms with Crippen LogP contribution in [0.15, 0.2) is 39.6 Å². The van der Waals surface area contributed by atoms with E-state index < -0.39 is 45.9 Å². The fourth-order valence-electron chi connectivity index (χ4n) is 2.34. The van der Waals surface area contributed by atoms with Crippen molar-refractivity contribution in [2.24, 2.45) is 0 Å². The summed E-state index contributed by atoms with van der Waals surface area (Å²) in [6.07, 6.45) is -2.24. The molecule has 0 saturated carbocycles. The maximum Gasteiger partial charge on any atom is 0.431 e. The van der Waals surface area contributed by atoms with Gasteiger partial charge in [0.25, 0.3) is 0 Å². The van der Waals surface area contributed by atoms with Gasteiger partial charge in [0.2, 0.25) is 0 Å². The SMILES string of the molecule is C=C(COCCCCC(F)(F)C(F)(F)S(=O)(=O)O)C(=O)Oc1cccc2[nH]c(=O)oc12. The summed E-state index contributed by atoms with van der Waals surface area (Å²) in [6.45, 7) is 2.83. The standard InChI is InChI=1S/C17H17F4NO8S/c1-10(14(23)29-12-6-4-5-11-13(12)30-15(24)22-11)9-28-8-3-2-7-16(18,19)17(20,21)31(25,26)27/h4-6H,1-3,7-9H2,(H,22,24)(H,25,26,27). The number of alkyl halides is 4. The third kappa shape index (κ3) is 5.71. The molecular weight excluding hydrogens is 454 g/mol. The quantitative estimate of drug-likeness (QED) is 0.128. The third-order valence-electron chi connectivity index (χ3n) is 3.96. The van der Waals surface area contributed by atoms with Gasteiger partial charge in [-0.3, -0.25) is 9.54 Å². The summed E-state index contributed by atoms with van der Waals surface area (Å²) in [4.78, 5) is 25.6. The molecule has 172 valence electrons. The summed E-state index contributed by atoms with van der Waals surface area (Å²) in [5, 5.41) is -5.61. The van der Waals surface area contributed by atoms with Gasteiger partial charge in [0.15, 0.2) is 11.3 Å². The molecule has 0 spiro atoms. The van der Waals surface area contributed by atoms with Gasteiger partial charge in [0.05, 0.1) is 17.7 Å². The van der Waals surface area contributed by atoms with E-state index in [0.717, 1.165) is 0 Å². The molecule has 14 heteroatoms. The van der Waals surface area contributed by atoms with Crippen LogP contribution in [-0.2, 0) is 19.6 Å². The van der Waals surface area contributed by atoms with Gasteiger partial charge < -0.3 is 13.9 Å². The fourth-order valence-corrected chi connectivity index (χ4v) is 2.82. The van der Waals surface area contributed by atoms with E-state index in [1.807, 2.05) is 0 Å². The molecule has 2 aromatic rings. The number of nitrogens with one attached hydrogen (secondary N) is 1. The Bertz CT molecular complexity index is 1120. The van der Waals surface area contributed by atoms with Crippen molar-refractivity contribution in [1.82, 2.24) is 4.98 Å². The van der Waals surface area contributed by atoms with Crippen molar-refractivity contribution in [1.29, 1.82) is 0 Å². The molecule has 0 aliphatic carbocycles. The molecule has 1 aromatic carbocycles. The predicted molar refractivity (Wildman–Crippen MR) is 97.7 cm³/mol. The second-order valence-electron chi connectivity index (χ2n) is 6.35. The number of esters is 1. The van der Waals surface area contributed by atoms with Crippen molar-refractivity contribution < 1.29 is 49.2 Å². The second kappa shape index (κ2) is 9.20. The Labute approximate surface area is 172 Å². The predicted octanol–water partition coefficient (Wildman–Crippen LogP) is 2.89. The largest absolute Gasteiger partial charge is 0.431 e. The molecule has 0 saturated heterocycles. The molecule has 0 unspecified atom stereocenters. The number of carbonyl (C=O) groups excluding carboxylic acids is 1. The van der Waals surface area contributed by atoms with Gasteiger partial charge in [-0.25, -0.2) is 9.59 Å². The highest BCUT2D eigenvalue weighted by atomic mass is 32.2. The molecule has 0 aliphatic rings. The van der Waals surface area contributed by atoms with Gasteiger partial charge in [0.1, 0.15) is 0 Å². The van der Waals surface area contributed by atoms with Gasteiger partial charge in [-0.2, -0.15) is 26.0 Å². The molecule has 0 atom stereocenters. The minimum Gasteiger partial charge on any atom is -0.419 e. The lowest BCUT2D eigenvalue weighted by Crippen LogP contribution is -2.46. The Balaban J connectivity index is 1.77. The number of benzene rings is 1. The van der Waals surface area contributed by atoms with Crippen LogP contribution in [0.5, 0.6) is 5.75 Å². The van der Waals surface area contributed by atoms with E-state index in [9.17, 15) is 35.6 Å². The lowest BCUT2D eigenvalue weighted by Gasteiger charge is -2.23. The van der Waals surface area contributed by atoms with Crippen LogP contribution in [0.25, 0.3) is 11.1 Å². The molecule has 1 aromatic heterocycles. The van der Waals surface area contributed by atoms with Crippen molar-refractivity contribution >= 4 is 27.2 Å². The van der Waals surface area contributed by atoms with Gasteiger partial charge in [-0.05, 0) is 25.0 Å². The van der Waals surface area contributed by atoms with Crippen molar-refractivity contribution in [3.63, 3.8) is 0 Å². The summed E-state index contributed by atoms with van der Waals surface area (Å²) in [5.74, 6) is -6.69. The zero-order valence-electron chi connectivity index (χ0n) is 15.7. The lowest BCUT2D eigenvalue weighted by molar-refractivity contribution is -0.165. The lowest BCUT2D eigenvalue weighted by atomic mass is 10.1. The molecule has 1 heterocycles. The number of rotatable bonds is 11. The number of unbranched alkanes of at least 4 members (excludes halogenated alkanes) is 1. The second-order valence-corrected chi connectivity index (χ2v) is 7.81. The summed E-state index contributed by atoms with van der Waals surface area (Å²) in [6, 6.07) is 4.38. The molecule has 9 nitrogen and oxygen atoms in total. The van der Waals surface area contributed by atoms with E-state index in [1.54, 1.807) is 0 Å². The molecule has 0 fully saturated rings. The summed E-state index contributed by atoms with van der Waals surface area (Å²) >= 11 is 0. The Morgan fingerprint density at radius 1 is 1.23 bits per heavy atom. The first-order chi connectivity index (χ1) is 14.3. The Morgan fingerprint density at radius 3 is 2.55 bits per heavy atom. The van der Waals surface area contributed by atoms with Crippen molar-refractivity contribution in [3.05, 3.63) is 40.9 Å². The number of aromatic nitrogens is 1. The number of carbonyl (C=O) groups is 1. The number of oxazole rings is 1. The van der Waals surface area contributed by atoms with Crippen LogP contribution in [-0.4, -0.2) is 48.3 Å². The highest BCUT2D eigenvalue weighted by Gasteiger charge is 2.64. The molecule has 2 N–H and O–H groups in total. The minimum absolute atomic E-state index is 0.0113. The van der Waals surface area contributed by atoms with E-state index in [-0.39, 0.29) is 36.5 Å². The normalized spacial score (nSPS) is 12.8. The fraction of sp³-hybridized carbons (Fsp3) is 0.412. The van der Waals surface area contributed by atoms with E-state index in [2.05, 4.69) is 11.6 Å². The summed E-state index contributed by atoms with van der Waals surface area (Å²) in [7, 11) is -6.27. The van der Waals surface area contributed by atoms with Crippen LogP contribution < -0.4 is 10.5 Å². The first kappa shape index (κ1) is 24.6. The van der Waals surface area contributed by atoms with Crippen LogP contribution in [0, 0.1) is 0 Å². The maximum absolute atomic E-state index is 13.3. The zero-order chi connectivity index (χ0) is 23.4. The first-order valence-electron chi connectivity index (χ1n) is 8.58. The van der Waals surface area contributed by atoms with Gasteiger partial charge in [-0.15, -0.1) is 0 Å². The maximum atomic E-state index is 13.3. The number of para-hydroxylation sites is 1. The van der Waals surface area contributed by atoms with Crippen LogP contribution >= 0.6 is 0 Å². The van der Waals surface area contributed by atoms with Gasteiger partial charge in [-0.1, -0.05) is 12.6 Å². The number of halogens is 4. The molecule has 0 radical (unpaired) electrons. The molecule has 31 heavy (non-hydrogen) atoms. The van der Waals surface area contributed by atoms with Crippen LogP contribution in [0.3, 0.4) is 0 Å². The zero-order valence-corrected chi connectivity index (χ0v) is 16.5. The Hall–Kier alpha value is -2.71. The summed E-state index contributed by atoms with van der Waals surface area (Å²) < 4.78 is 96.7. The smallest absolute Gasteiger partial charge is 0.419 e. The molecule has 0 bridgehead atoms. The topological polar surface area (TPSA) is 136 Å². The van der Waals surface area contributed by atoms with E-state index in [4.69, 9.17) is 18.4 Å². The number of fused-ring (bicyclic) bond motifs is 1. The van der Waals surface area contributed by atoms with Crippen LogP contribution in [0.4, 0.5) is 17.6 Å². The number of hydrogen-bond donors (Lipinski definition) is 2. The summed E-state index contributed by atoms with van der Waals surface area (Å²) in [5.41, 5.74) is 0.142. The highest BCUT2D eigenvalue weighted by Crippen LogP contribution is 2.41. The first-order valence-corrected chi connectivity index (χ1v) is 10.0. The highest BCUT2D eigenvalue weighted by molar-refractivity contribution is 7.87. The van der Waals surface area contributed by atoms with Crippen LogP contribution in [0.2, 0.25) is 0 Å². The number of hydrogen-bond acceptors (Lipinski definition) is 7. The third-order valence-corrected chi connectivity index (χ3v) is 4.90. The number of H-pyrrole nitrogens is 1. The van der Waals surface area contributed by atoms with Crippen molar-refractivity contribution in [2.45, 2.75) is 30.4 Å². The average Bonchev–Trinajstić information content (AvgIpc) is 3.04. The van der Waals surface area contributed by atoms with Gasteiger partial charge >= 0.3 is 33.0 Å². The average molecular weight is 471 g/mol. The van der Waals surface area contributed by atoms with E-state index in [0.29, 0.717) is 5.52 Å². The van der Waals surface area contributed by atoms with E-state index >= 15 is 0 Å². The van der Waals surface area contributed by atoms with Gasteiger partial charge in [0, 0.05) is 13.0 Å². The minimum atomic E-state index is -6.27. The Morgan fingerprint density at radius 2 is 1.90 bits per heavy atom. The molecular formula is C17H17F4NO8S. The Kier molecular flexibility index (Phi) is 7.28. The molecule has 0 aliphatic heterocycles.